The molecule has 1 aliphatic rings. The van der Waals surface area contributed by atoms with E-state index < -0.39 is 5.97 Å². The van der Waals surface area contributed by atoms with Crippen molar-refractivity contribution in [2.75, 3.05) is 20.8 Å². The lowest BCUT2D eigenvalue weighted by Gasteiger charge is -2.12. The van der Waals surface area contributed by atoms with Crippen molar-refractivity contribution in [3.05, 3.63) is 28.7 Å². The fraction of sp³-hybridized carbons (Fsp3) is 0.267. The topological polar surface area (TPSA) is 76.1 Å². The van der Waals surface area contributed by atoms with Crippen LogP contribution in [-0.2, 0) is 9.59 Å². The number of rotatable bonds is 6. The van der Waals surface area contributed by atoms with Gasteiger partial charge < -0.3 is 14.6 Å². The lowest BCUT2D eigenvalue weighted by Crippen LogP contribution is -2.30. The number of carbonyl (C=O) groups is 2. The third-order valence-electron chi connectivity index (χ3n) is 3.15. The van der Waals surface area contributed by atoms with E-state index in [1.165, 1.54) is 12.0 Å². The zero-order valence-electron chi connectivity index (χ0n) is 12.6. The number of thiocarbonyl (C=S) groups is 1. The van der Waals surface area contributed by atoms with E-state index in [-0.39, 0.29) is 18.9 Å². The Balaban J connectivity index is 2.25. The molecule has 6 nitrogen and oxygen atoms in total. The minimum Gasteiger partial charge on any atom is -0.497 e. The van der Waals surface area contributed by atoms with Gasteiger partial charge in [0.2, 0.25) is 0 Å². The van der Waals surface area contributed by atoms with Gasteiger partial charge in [-0.1, -0.05) is 24.0 Å². The van der Waals surface area contributed by atoms with Crippen LogP contribution in [0, 0.1) is 0 Å². The van der Waals surface area contributed by atoms with Crippen LogP contribution in [0.3, 0.4) is 0 Å². The standard InChI is InChI=1S/C15H15NO5S2/c1-20-10-4-3-9(11(8-10)21-2)7-12-14(19)16(15(22)23-12)6-5-13(17)18/h3-4,7-8H,5-6H2,1-2H3,(H,17,18)/b12-7+. The Bertz CT molecular complexity index is 686. The summed E-state index contributed by atoms with van der Waals surface area (Å²) in [5.74, 6) is -0.0489. The average molecular weight is 353 g/mol. The number of methoxy groups -OCH3 is 2. The van der Waals surface area contributed by atoms with Gasteiger partial charge in [0.25, 0.3) is 5.91 Å². The quantitative estimate of drug-likeness (QED) is 0.621. The van der Waals surface area contributed by atoms with Gasteiger partial charge in [-0.3, -0.25) is 14.5 Å². The lowest BCUT2D eigenvalue weighted by molar-refractivity contribution is -0.137. The predicted molar refractivity (Wildman–Crippen MR) is 91.7 cm³/mol. The number of benzene rings is 1. The van der Waals surface area contributed by atoms with Gasteiger partial charge in [-0.2, -0.15) is 0 Å². The van der Waals surface area contributed by atoms with Crippen molar-refractivity contribution in [1.29, 1.82) is 0 Å². The second kappa shape index (κ2) is 7.47. The highest BCUT2D eigenvalue weighted by Gasteiger charge is 2.32. The van der Waals surface area contributed by atoms with Crippen LogP contribution < -0.4 is 9.47 Å². The van der Waals surface area contributed by atoms with Crippen molar-refractivity contribution < 1.29 is 24.2 Å². The van der Waals surface area contributed by atoms with Gasteiger partial charge in [-0.15, -0.1) is 0 Å². The van der Waals surface area contributed by atoms with Crippen LogP contribution >= 0.6 is 24.0 Å². The molecule has 1 fully saturated rings. The molecule has 1 saturated heterocycles. The number of thioether (sulfide) groups is 1. The molecule has 23 heavy (non-hydrogen) atoms. The number of aliphatic carboxylic acids is 1. The number of carboxylic acids is 1. The molecule has 122 valence electrons. The van der Waals surface area contributed by atoms with Crippen LogP contribution in [0.15, 0.2) is 23.1 Å². The first kappa shape index (κ1) is 17.3. The maximum Gasteiger partial charge on any atom is 0.305 e. The van der Waals surface area contributed by atoms with E-state index in [1.807, 2.05) is 0 Å². The summed E-state index contributed by atoms with van der Waals surface area (Å²) in [6, 6.07) is 5.26. The molecule has 0 atom stereocenters. The molecule has 0 unspecified atom stereocenters. The van der Waals surface area contributed by atoms with Crippen LogP contribution in [0.1, 0.15) is 12.0 Å². The summed E-state index contributed by atoms with van der Waals surface area (Å²) in [6.07, 6.45) is 1.53. The first-order valence-corrected chi connectivity index (χ1v) is 7.88. The Kier molecular flexibility index (Phi) is 5.62. The van der Waals surface area contributed by atoms with Gasteiger partial charge in [-0.25, -0.2) is 0 Å². The van der Waals surface area contributed by atoms with Crippen molar-refractivity contribution in [3.8, 4) is 11.5 Å². The van der Waals surface area contributed by atoms with E-state index >= 15 is 0 Å². The summed E-state index contributed by atoms with van der Waals surface area (Å²) in [5.41, 5.74) is 0.715. The zero-order valence-corrected chi connectivity index (χ0v) is 14.2. The third-order valence-corrected chi connectivity index (χ3v) is 4.53. The Morgan fingerprint density at radius 1 is 1.39 bits per heavy atom. The normalized spacial score (nSPS) is 16.1. The molecule has 0 saturated carbocycles. The number of hydrogen-bond donors (Lipinski definition) is 1. The number of carboxylic acid groups (broad SMARTS) is 1. The van der Waals surface area contributed by atoms with E-state index in [2.05, 4.69) is 0 Å². The molecule has 1 aliphatic heterocycles. The second-order valence-electron chi connectivity index (χ2n) is 4.58. The highest BCUT2D eigenvalue weighted by molar-refractivity contribution is 8.26. The Morgan fingerprint density at radius 2 is 2.13 bits per heavy atom. The molecule has 2 rings (SSSR count). The van der Waals surface area contributed by atoms with Crippen molar-refractivity contribution in [2.24, 2.45) is 0 Å². The SMILES string of the molecule is COc1ccc(/C=C2/SC(=S)N(CCC(=O)O)C2=O)c(OC)c1. The van der Waals surface area contributed by atoms with Gasteiger partial charge in [-0.05, 0) is 18.2 Å². The summed E-state index contributed by atoms with van der Waals surface area (Å²) < 4.78 is 10.8. The number of nitrogens with zero attached hydrogens (tertiary/aromatic N) is 1. The molecule has 0 bridgehead atoms. The van der Waals surface area contributed by atoms with Gasteiger partial charge in [0.05, 0.1) is 25.5 Å². The Morgan fingerprint density at radius 3 is 2.74 bits per heavy atom. The predicted octanol–water partition coefficient (Wildman–Crippen LogP) is 2.38. The van der Waals surface area contributed by atoms with Crippen molar-refractivity contribution in [3.63, 3.8) is 0 Å². The molecule has 1 heterocycles. The van der Waals surface area contributed by atoms with Gasteiger partial charge in [0.1, 0.15) is 15.8 Å². The molecule has 0 aromatic heterocycles. The summed E-state index contributed by atoms with van der Waals surface area (Å²) in [5, 5.41) is 8.73. The summed E-state index contributed by atoms with van der Waals surface area (Å²) in [6.45, 7) is 0.0666. The van der Waals surface area contributed by atoms with E-state index in [9.17, 15) is 9.59 Å². The van der Waals surface area contributed by atoms with Crippen molar-refractivity contribution >= 4 is 46.3 Å². The van der Waals surface area contributed by atoms with Gasteiger partial charge >= 0.3 is 5.97 Å². The number of amides is 1. The second-order valence-corrected chi connectivity index (χ2v) is 6.26. The number of hydrogen-bond acceptors (Lipinski definition) is 6. The molecule has 0 aliphatic carbocycles. The summed E-state index contributed by atoms with van der Waals surface area (Å²) in [4.78, 5) is 24.7. The fourth-order valence-electron chi connectivity index (χ4n) is 1.98. The Hall–Kier alpha value is -2.06. The monoisotopic (exact) mass is 353 g/mol. The molecule has 0 radical (unpaired) electrons. The summed E-state index contributed by atoms with van der Waals surface area (Å²) in [7, 11) is 3.09. The molecule has 1 aromatic carbocycles. The first-order valence-electron chi connectivity index (χ1n) is 6.65. The lowest BCUT2D eigenvalue weighted by atomic mass is 10.1. The summed E-state index contributed by atoms with van der Waals surface area (Å²) >= 11 is 6.29. The Labute approximate surface area is 143 Å². The molecule has 8 heteroatoms. The van der Waals surface area contributed by atoms with Crippen LogP contribution in [0.25, 0.3) is 6.08 Å². The minimum atomic E-state index is -0.972. The zero-order chi connectivity index (χ0) is 17.0. The largest absolute Gasteiger partial charge is 0.497 e. The smallest absolute Gasteiger partial charge is 0.305 e. The van der Waals surface area contributed by atoms with Crippen LogP contribution in [0.2, 0.25) is 0 Å². The molecule has 0 spiro atoms. The fourth-order valence-corrected chi connectivity index (χ4v) is 3.28. The van der Waals surface area contributed by atoms with E-state index in [0.717, 1.165) is 11.8 Å². The molecule has 1 aromatic rings. The molecular weight excluding hydrogens is 338 g/mol. The number of ether oxygens (including phenoxy) is 2. The van der Waals surface area contributed by atoms with E-state index in [4.69, 9.17) is 26.8 Å². The molecular formula is C15H15NO5S2. The average Bonchev–Trinajstić information content (AvgIpc) is 2.79. The molecule has 1 amide bonds. The van der Waals surface area contributed by atoms with Crippen molar-refractivity contribution in [1.82, 2.24) is 4.90 Å². The van der Waals surface area contributed by atoms with Crippen LogP contribution in [0.4, 0.5) is 0 Å². The first-order chi connectivity index (χ1) is 11.0. The van der Waals surface area contributed by atoms with Gasteiger partial charge in [0, 0.05) is 18.2 Å². The van der Waals surface area contributed by atoms with Gasteiger partial charge in [0.15, 0.2) is 0 Å². The van der Waals surface area contributed by atoms with Crippen LogP contribution in [0.5, 0.6) is 11.5 Å². The maximum absolute atomic E-state index is 12.3. The molecule has 1 N–H and O–H groups in total. The highest BCUT2D eigenvalue weighted by Crippen LogP contribution is 2.35. The highest BCUT2D eigenvalue weighted by atomic mass is 32.2. The minimum absolute atomic E-state index is 0.0666. The van der Waals surface area contributed by atoms with E-state index in [1.54, 1.807) is 31.4 Å². The van der Waals surface area contributed by atoms with Crippen LogP contribution in [-0.4, -0.2) is 47.0 Å². The number of carbonyl (C=O) groups excluding carboxylic acids is 1. The van der Waals surface area contributed by atoms with Crippen molar-refractivity contribution in [2.45, 2.75) is 6.42 Å². The van der Waals surface area contributed by atoms with E-state index in [0.29, 0.717) is 26.3 Å². The maximum atomic E-state index is 12.3. The third kappa shape index (κ3) is 4.02.